The second kappa shape index (κ2) is 9.19. The number of benzene rings is 3. The van der Waals surface area contributed by atoms with Crippen LogP contribution in [-0.4, -0.2) is 40.1 Å². The van der Waals surface area contributed by atoms with Crippen molar-refractivity contribution in [1.29, 1.82) is 0 Å². The minimum atomic E-state index is -3.94. The van der Waals surface area contributed by atoms with Gasteiger partial charge < -0.3 is 15.0 Å². The van der Waals surface area contributed by atoms with E-state index in [1.165, 1.54) is 35.3 Å². The number of hydrogen-bond donors (Lipinski definition) is 1. The Morgan fingerprint density at radius 2 is 1.68 bits per heavy atom. The lowest BCUT2D eigenvalue weighted by molar-refractivity contribution is -0.122. The summed E-state index contributed by atoms with van der Waals surface area (Å²) in [5.41, 5.74) is 2.04. The summed E-state index contributed by atoms with van der Waals surface area (Å²) in [7, 11) is -3.94. The summed E-state index contributed by atoms with van der Waals surface area (Å²) in [5.74, 6) is -0.150. The SMILES string of the molecule is O=C(Nc1ccc(N2CCCC2)cc1)[C@H]1CN(S(=O)(=O)c2ccccc2)c2cc(Cl)ccc2O1. The third-order valence-electron chi connectivity index (χ3n) is 6.02. The maximum Gasteiger partial charge on any atom is 0.267 e. The Labute approximate surface area is 203 Å². The molecule has 0 aromatic heterocycles. The molecule has 3 aromatic carbocycles. The first-order valence-electron chi connectivity index (χ1n) is 11.1. The van der Waals surface area contributed by atoms with Crippen LogP contribution >= 0.6 is 11.6 Å². The average Bonchev–Trinajstić information content (AvgIpc) is 3.39. The van der Waals surface area contributed by atoms with Crippen LogP contribution in [-0.2, 0) is 14.8 Å². The smallest absolute Gasteiger partial charge is 0.267 e. The summed E-state index contributed by atoms with van der Waals surface area (Å²) in [6, 6.07) is 20.5. The molecule has 9 heteroatoms. The van der Waals surface area contributed by atoms with E-state index >= 15 is 0 Å². The van der Waals surface area contributed by atoms with E-state index in [2.05, 4.69) is 10.2 Å². The Bertz CT molecular complexity index is 1290. The van der Waals surface area contributed by atoms with Crippen LogP contribution in [0, 0.1) is 0 Å². The number of sulfonamides is 1. The highest BCUT2D eigenvalue weighted by Gasteiger charge is 2.37. The second-order valence-corrected chi connectivity index (χ2v) is 10.6. The Morgan fingerprint density at radius 3 is 2.38 bits per heavy atom. The van der Waals surface area contributed by atoms with Crippen molar-refractivity contribution in [3.8, 4) is 5.75 Å². The number of carbonyl (C=O) groups excluding carboxylic acids is 1. The fourth-order valence-corrected chi connectivity index (χ4v) is 5.92. The molecule has 1 amide bonds. The number of nitrogens with zero attached hydrogens (tertiary/aromatic N) is 2. The second-order valence-electron chi connectivity index (χ2n) is 8.30. The zero-order valence-electron chi connectivity index (χ0n) is 18.4. The van der Waals surface area contributed by atoms with Crippen molar-refractivity contribution >= 4 is 44.6 Å². The highest BCUT2D eigenvalue weighted by molar-refractivity contribution is 7.92. The fraction of sp³-hybridized carbons (Fsp3) is 0.240. The first-order chi connectivity index (χ1) is 16.4. The summed E-state index contributed by atoms with van der Waals surface area (Å²) < 4.78 is 34.0. The van der Waals surface area contributed by atoms with Gasteiger partial charge in [0.25, 0.3) is 15.9 Å². The van der Waals surface area contributed by atoms with Crippen molar-refractivity contribution in [2.24, 2.45) is 0 Å². The molecule has 0 aliphatic carbocycles. The maximum absolute atomic E-state index is 13.4. The summed E-state index contributed by atoms with van der Waals surface area (Å²) in [4.78, 5) is 15.5. The molecule has 1 saturated heterocycles. The van der Waals surface area contributed by atoms with Crippen LogP contribution in [0.2, 0.25) is 5.02 Å². The fourth-order valence-electron chi connectivity index (χ4n) is 4.26. The van der Waals surface area contributed by atoms with Gasteiger partial charge in [0.1, 0.15) is 5.75 Å². The monoisotopic (exact) mass is 497 g/mol. The molecular formula is C25H24ClN3O4S. The van der Waals surface area contributed by atoms with Crippen LogP contribution in [0.5, 0.6) is 5.75 Å². The van der Waals surface area contributed by atoms with Gasteiger partial charge in [-0.3, -0.25) is 9.10 Å². The molecule has 0 radical (unpaired) electrons. The van der Waals surface area contributed by atoms with Gasteiger partial charge >= 0.3 is 0 Å². The molecule has 0 unspecified atom stereocenters. The lowest BCUT2D eigenvalue weighted by Gasteiger charge is -2.34. The van der Waals surface area contributed by atoms with Gasteiger partial charge in [0, 0.05) is 29.5 Å². The van der Waals surface area contributed by atoms with Gasteiger partial charge in [-0.1, -0.05) is 29.8 Å². The quantitative estimate of drug-likeness (QED) is 0.560. The molecule has 7 nitrogen and oxygen atoms in total. The van der Waals surface area contributed by atoms with Crippen LogP contribution in [0.15, 0.2) is 77.7 Å². The summed E-state index contributed by atoms with van der Waals surface area (Å²) >= 11 is 6.14. The number of ether oxygens (including phenoxy) is 1. The third-order valence-corrected chi connectivity index (χ3v) is 8.05. The Kier molecular flexibility index (Phi) is 6.10. The van der Waals surface area contributed by atoms with Crippen LogP contribution in [0.3, 0.4) is 0 Å². The van der Waals surface area contributed by atoms with E-state index in [0.717, 1.165) is 18.8 Å². The molecule has 0 saturated carbocycles. The lowest BCUT2D eigenvalue weighted by Crippen LogP contribution is -2.48. The van der Waals surface area contributed by atoms with Crippen molar-refractivity contribution in [3.05, 3.63) is 77.8 Å². The third kappa shape index (κ3) is 4.43. The number of carbonyl (C=O) groups is 1. The summed E-state index contributed by atoms with van der Waals surface area (Å²) in [5, 5.41) is 3.23. The van der Waals surface area contributed by atoms with E-state index in [1.807, 2.05) is 24.3 Å². The van der Waals surface area contributed by atoms with Gasteiger partial charge in [0.05, 0.1) is 17.1 Å². The molecule has 2 heterocycles. The molecule has 2 aliphatic heterocycles. The average molecular weight is 498 g/mol. The molecule has 1 N–H and O–H groups in total. The van der Waals surface area contributed by atoms with E-state index in [4.69, 9.17) is 16.3 Å². The normalized spacial score (nSPS) is 17.7. The van der Waals surface area contributed by atoms with Crippen molar-refractivity contribution in [1.82, 2.24) is 0 Å². The van der Waals surface area contributed by atoms with E-state index in [0.29, 0.717) is 16.4 Å². The number of nitrogens with one attached hydrogen (secondary N) is 1. The van der Waals surface area contributed by atoms with E-state index in [-0.39, 0.29) is 17.2 Å². The molecule has 176 valence electrons. The molecule has 2 aliphatic rings. The number of amides is 1. The van der Waals surface area contributed by atoms with E-state index in [9.17, 15) is 13.2 Å². The number of hydrogen-bond acceptors (Lipinski definition) is 5. The Hall–Kier alpha value is -3.23. The highest BCUT2D eigenvalue weighted by atomic mass is 35.5. The molecule has 1 atom stereocenters. The largest absolute Gasteiger partial charge is 0.476 e. The predicted octanol–water partition coefficient (Wildman–Crippen LogP) is 4.54. The van der Waals surface area contributed by atoms with Gasteiger partial charge in [-0.25, -0.2) is 8.42 Å². The van der Waals surface area contributed by atoms with Crippen LogP contribution in [0.25, 0.3) is 0 Å². The minimum Gasteiger partial charge on any atom is -0.476 e. The molecule has 1 fully saturated rings. The summed E-state index contributed by atoms with van der Waals surface area (Å²) in [6.07, 6.45) is 1.34. The standard InChI is InChI=1S/C25H24ClN3O4S/c26-18-8-13-23-22(16-18)29(34(31,32)21-6-2-1-3-7-21)17-24(33-23)25(30)27-19-9-11-20(12-10-19)28-14-4-5-15-28/h1-3,6-13,16,24H,4-5,14-15,17H2,(H,27,30)/t24-/m1/s1. The minimum absolute atomic E-state index is 0.125. The highest BCUT2D eigenvalue weighted by Crippen LogP contribution is 2.39. The van der Waals surface area contributed by atoms with Gasteiger partial charge in [-0.05, 0) is 67.4 Å². The van der Waals surface area contributed by atoms with Crippen LogP contribution in [0.1, 0.15) is 12.8 Å². The molecule has 0 bridgehead atoms. The maximum atomic E-state index is 13.4. The lowest BCUT2D eigenvalue weighted by atomic mass is 10.2. The van der Waals surface area contributed by atoms with E-state index < -0.39 is 22.0 Å². The van der Waals surface area contributed by atoms with Crippen LogP contribution in [0.4, 0.5) is 17.1 Å². The first kappa shape index (κ1) is 22.6. The molecule has 34 heavy (non-hydrogen) atoms. The molecule has 3 aromatic rings. The van der Waals surface area contributed by atoms with Crippen molar-refractivity contribution < 1.29 is 17.9 Å². The number of anilines is 3. The molecule has 0 spiro atoms. The topological polar surface area (TPSA) is 79.0 Å². The Morgan fingerprint density at radius 1 is 0.971 bits per heavy atom. The van der Waals surface area contributed by atoms with Gasteiger partial charge in [-0.15, -0.1) is 0 Å². The predicted molar refractivity (Wildman–Crippen MR) is 133 cm³/mol. The number of fused-ring (bicyclic) bond motifs is 1. The van der Waals surface area contributed by atoms with Gasteiger partial charge in [0.2, 0.25) is 0 Å². The zero-order valence-corrected chi connectivity index (χ0v) is 19.9. The van der Waals surface area contributed by atoms with Gasteiger partial charge in [-0.2, -0.15) is 0 Å². The number of halogens is 1. The summed E-state index contributed by atoms with van der Waals surface area (Å²) in [6.45, 7) is 1.90. The number of rotatable bonds is 5. The first-order valence-corrected chi connectivity index (χ1v) is 12.9. The van der Waals surface area contributed by atoms with Crippen molar-refractivity contribution in [2.45, 2.75) is 23.8 Å². The van der Waals surface area contributed by atoms with Gasteiger partial charge in [0.15, 0.2) is 6.10 Å². The van der Waals surface area contributed by atoms with Crippen molar-refractivity contribution in [2.75, 3.05) is 34.2 Å². The molecular weight excluding hydrogens is 474 g/mol. The van der Waals surface area contributed by atoms with Crippen molar-refractivity contribution in [3.63, 3.8) is 0 Å². The molecule has 5 rings (SSSR count). The Balaban J connectivity index is 1.39. The van der Waals surface area contributed by atoms with Crippen LogP contribution < -0.4 is 19.3 Å². The zero-order chi connectivity index (χ0) is 23.7. The van der Waals surface area contributed by atoms with E-state index in [1.54, 1.807) is 30.3 Å².